The summed E-state index contributed by atoms with van der Waals surface area (Å²) >= 11 is 5.39. The zero-order chi connectivity index (χ0) is 13.7. The summed E-state index contributed by atoms with van der Waals surface area (Å²) in [6.45, 7) is 5.76. The average Bonchev–Trinajstić information content (AvgIpc) is 2.84. The van der Waals surface area contributed by atoms with Crippen molar-refractivity contribution in [3.05, 3.63) is 50.6 Å². The van der Waals surface area contributed by atoms with E-state index in [1.54, 1.807) is 11.3 Å². The maximum atomic E-state index is 5.49. The van der Waals surface area contributed by atoms with Gasteiger partial charge in [0.15, 0.2) is 0 Å². The Morgan fingerprint density at radius 3 is 2.47 bits per heavy atom. The van der Waals surface area contributed by atoms with Gasteiger partial charge in [0.25, 0.3) is 0 Å². The summed E-state index contributed by atoms with van der Waals surface area (Å²) in [5.74, 6) is 0.923. The molecule has 0 spiro atoms. The zero-order valence-electron chi connectivity index (χ0n) is 11.2. The molecular weight excluding hydrogens is 322 g/mol. The van der Waals surface area contributed by atoms with Crippen LogP contribution in [0.15, 0.2) is 40.2 Å². The smallest absolute Gasteiger partial charge is 0.119 e. The van der Waals surface area contributed by atoms with E-state index in [2.05, 4.69) is 51.7 Å². The molecular formula is C15H18BrNOS. The Hall–Kier alpha value is -0.840. The van der Waals surface area contributed by atoms with Crippen molar-refractivity contribution in [2.24, 2.45) is 0 Å². The van der Waals surface area contributed by atoms with Crippen LogP contribution >= 0.6 is 27.3 Å². The van der Waals surface area contributed by atoms with Crippen LogP contribution in [0.25, 0.3) is 0 Å². The maximum Gasteiger partial charge on any atom is 0.119 e. The van der Waals surface area contributed by atoms with Gasteiger partial charge in [-0.15, -0.1) is 11.3 Å². The molecule has 0 saturated heterocycles. The van der Waals surface area contributed by atoms with Gasteiger partial charge in [-0.2, -0.15) is 0 Å². The fourth-order valence-electron chi connectivity index (χ4n) is 2.00. The molecule has 0 saturated carbocycles. The Morgan fingerprint density at radius 2 is 1.95 bits per heavy atom. The fourth-order valence-corrected chi connectivity index (χ4v) is 3.70. The third-order valence-corrected chi connectivity index (χ3v) is 4.78. The van der Waals surface area contributed by atoms with Gasteiger partial charge < -0.3 is 10.1 Å². The molecule has 4 heteroatoms. The summed E-state index contributed by atoms with van der Waals surface area (Å²) in [5, 5.41) is 5.64. The third-order valence-electron chi connectivity index (χ3n) is 2.84. The quantitative estimate of drug-likeness (QED) is 0.829. The van der Waals surface area contributed by atoms with E-state index < -0.39 is 0 Å². The molecule has 19 heavy (non-hydrogen) atoms. The van der Waals surface area contributed by atoms with Gasteiger partial charge >= 0.3 is 0 Å². The molecule has 2 rings (SSSR count). The lowest BCUT2D eigenvalue weighted by atomic mass is 10.1. The lowest BCUT2D eigenvalue weighted by molar-refractivity contribution is 0.340. The molecule has 2 aromatic rings. The largest absolute Gasteiger partial charge is 0.494 e. The number of nitrogens with one attached hydrogen (secondary N) is 1. The first-order chi connectivity index (χ1) is 9.26. The maximum absolute atomic E-state index is 5.49. The lowest BCUT2D eigenvalue weighted by Crippen LogP contribution is -2.21. The van der Waals surface area contributed by atoms with Crippen molar-refractivity contribution < 1.29 is 4.74 Å². The second-order valence-electron chi connectivity index (χ2n) is 4.13. The van der Waals surface area contributed by atoms with Crippen LogP contribution in [0.1, 0.15) is 30.3 Å². The first-order valence-corrected chi connectivity index (χ1v) is 8.12. The first-order valence-electron chi connectivity index (χ1n) is 6.45. The number of hydrogen-bond donors (Lipinski definition) is 1. The van der Waals surface area contributed by atoms with Crippen molar-refractivity contribution in [2.45, 2.75) is 19.9 Å². The predicted octanol–water partition coefficient (Wildman–Crippen LogP) is 4.61. The average molecular weight is 340 g/mol. The van der Waals surface area contributed by atoms with Crippen molar-refractivity contribution in [2.75, 3.05) is 13.2 Å². The molecule has 0 aliphatic carbocycles. The van der Waals surface area contributed by atoms with Gasteiger partial charge in [0, 0.05) is 9.35 Å². The van der Waals surface area contributed by atoms with Crippen molar-refractivity contribution in [3.63, 3.8) is 0 Å². The Balaban J connectivity index is 2.26. The lowest BCUT2D eigenvalue weighted by Gasteiger charge is -2.18. The molecule has 1 aromatic carbocycles. The van der Waals surface area contributed by atoms with E-state index in [0.29, 0.717) is 6.61 Å². The predicted molar refractivity (Wildman–Crippen MR) is 85.1 cm³/mol. The number of rotatable bonds is 6. The van der Waals surface area contributed by atoms with E-state index in [0.717, 1.165) is 16.8 Å². The van der Waals surface area contributed by atoms with Gasteiger partial charge in [0.05, 0.1) is 12.6 Å². The van der Waals surface area contributed by atoms with Crippen LogP contribution in [0.3, 0.4) is 0 Å². The molecule has 0 aliphatic heterocycles. The van der Waals surface area contributed by atoms with Gasteiger partial charge in [-0.25, -0.2) is 0 Å². The highest BCUT2D eigenvalue weighted by Gasteiger charge is 2.17. The standard InChI is InChI=1S/C15H18BrNOS/c1-3-17-14(15-13(16)9-10-19-15)11-5-7-12(8-6-11)18-4-2/h5-10,14,17H,3-4H2,1-2H3. The summed E-state index contributed by atoms with van der Waals surface area (Å²) in [7, 11) is 0. The third kappa shape index (κ3) is 3.59. The topological polar surface area (TPSA) is 21.3 Å². The number of halogens is 1. The number of hydrogen-bond acceptors (Lipinski definition) is 3. The van der Waals surface area contributed by atoms with Crippen molar-refractivity contribution in [3.8, 4) is 5.75 Å². The first kappa shape index (κ1) is 14.6. The highest BCUT2D eigenvalue weighted by molar-refractivity contribution is 9.10. The summed E-state index contributed by atoms with van der Waals surface area (Å²) < 4.78 is 6.65. The van der Waals surface area contributed by atoms with Crippen LogP contribution in [0, 0.1) is 0 Å². The molecule has 1 unspecified atom stereocenters. The molecule has 1 heterocycles. The summed E-state index contributed by atoms with van der Waals surface area (Å²) in [6.07, 6.45) is 0. The molecule has 1 atom stereocenters. The van der Waals surface area contributed by atoms with Crippen molar-refractivity contribution in [1.29, 1.82) is 0 Å². The minimum absolute atomic E-state index is 0.232. The van der Waals surface area contributed by atoms with Crippen LogP contribution in [-0.4, -0.2) is 13.2 Å². The molecule has 0 radical (unpaired) electrons. The van der Waals surface area contributed by atoms with Crippen molar-refractivity contribution in [1.82, 2.24) is 5.32 Å². The minimum Gasteiger partial charge on any atom is -0.494 e. The molecule has 0 fully saturated rings. The SMILES string of the molecule is CCNC(c1ccc(OCC)cc1)c1sccc1Br. The molecule has 0 aliphatic rings. The van der Waals surface area contributed by atoms with Crippen LogP contribution in [-0.2, 0) is 0 Å². The van der Waals surface area contributed by atoms with Gasteiger partial charge in [-0.05, 0) is 58.5 Å². The van der Waals surface area contributed by atoms with E-state index >= 15 is 0 Å². The molecule has 2 nitrogen and oxygen atoms in total. The second kappa shape index (κ2) is 7.08. The van der Waals surface area contributed by atoms with Gasteiger partial charge in [0.1, 0.15) is 5.75 Å². The normalized spacial score (nSPS) is 12.4. The fraction of sp³-hybridized carbons (Fsp3) is 0.333. The Labute approximate surface area is 126 Å². The Morgan fingerprint density at radius 1 is 1.21 bits per heavy atom. The highest BCUT2D eigenvalue weighted by atomic mass is 79.9. The summed E-state index contributed by atoms with van der Waals surface area (Å²) in [6, 6.07) is 10.7. The van der Waals surface area contributed by atoms with E-state index in [9.17, 15) is 0 Å². The molecule has 0 bridgehead atoms. The van der Waals surface area contributed by atoms with Gasteiger partial charge in [-0.1, -0.05) is 19.1 Å². The molecule has 0 amide bonds. The van der Waals surface area contributed by atoms with E-state index in [1.807, 2.05) is 19.1 Å². The summed E-state index contributed by atoms with van der Waals surface area (Å²) in [4.78, 5) is 1.31. The number of benzene rings is 1. The monoisotopic (exact) mass is 339 g/mol. The number of thiophene rings is 1. The van der Waals surface area contributed by atoms with Crippen molar-refractivity contribution >= 4 is 27.3 Å². The number of ether oxygens (including phenoxy) is 1. The van der Waals surface area contributed by atoms with Crippen LogP contribution in [0.2, 0.25) is 0 Å². The minimum atomic E-state index is 0.232. The Bertz CT molecular complexity index is 509. The Kier molecular flexibility index (Phi) is 5.43. The van der Waals surface area contributed by atoms with E-state index in [4.69, 9.17) is 4.74 Å². The molecule has 1 aromatic heterocycles. The highest BCUT2D eigenvalue weighted by Crippen LogP contribution is 2.33. The molecule has 102 valence electrons. The van der Waals surface area contributed by atoms with E-state index in [-0.39, 0.29) is 6.04 Å². The van der Waals surface area contributed by atoms with Crippen LogP contribution in [0.4, 0.5) is 0 Å². The van der Waals surface area contributed by atoms with E-state index in [1.165, 1.54) is 10.4 Å². The van der Waals surface area contributed by atoms with Crippen LogP contribution < -0.4 is 10.1 Å². The summed E-state index contributed by atoms with van der Waals surface area (Å²) in [5.41, 5.74) is 1.26. The zero-order valence-corrected chi connectivity index (χ0v) is 13.6. The van der Waals surface area contributed by atoms with Gasteiger partial charge in [-0.3, -0.25) is 0 Å². The molecule has 1 N–H and O–H groups in total. The van der Waals surface area contributed by atoms with Crippen LogP contribution in [0.5, 0.6) is 5.75 Å². The van der Waals surface area contributed by atoms with Gasteiger partial charge in [0.2, 0.25) is 0 Å². The second-order valence-corrected chi connectivity index (χ2v) is 5.93.